The summed E-state index contributed by atoms with van der Waals surface area (Å²) in [5.74, 6) is 0.0316. The summed E-state index contributed by atoms with van der Waals surface area (Å²) < 4.78 is 0.895. The highest BCUT2D eigenvalue weighted by Crippen LogP contribution is 2.44. The van der Waals surface area contributed by atoms with Crippen LogP contribution in [-0.4, -0.2) is 5.91 Å². The molecule has 0 heterocycles. The first-order valence-electron chi connectivity index (χ1n) is 6.94. The van der Waals surface area contributed by atoms with Crippen LogP contribution < -0.4 is 5.32 Å². The molecule has 0 saturated heterocycles. The first kappa shape index (κ1) is 14.6. The van der Waals surface area contributed by atoms with E-state index in [1.807, 2.05) is 42.5 Å². The monoisotopic (exact) mass is 363 g/mol. The second-order valence-electron chi connectivity index (χ2n) is 5.38. The number of carbonyl (C=O) groups is 1. The van der Waals surface area contributed by atoms with Gasteiger partial charge in [-0.3, -0.25) is 4.79 Å². The highest BCUT2D eigenvalue weighted by molar-refractivity contribution is 9.10. The molecule has 0 bridgehead atoms. The second kappa shape index (κ2) is 5.82. The van der Waals surface area contributed by atoms with Gasteiger partial charge in [-0.2, -0.15) is 0 Å². The highest BCUT2D eigenvalue weighted by Gasteiger charge is 2.45. The van der Waals surface area contributed by atoms with Gasteiger partial charge in [0, 0.05) is 4.47 Å². The Kier molecular flexibility index (Phi) is 4.05. The second-order valence-corrected chi connectivity index (χ2v) is 6.70. The smallest absolute Gasteiger partial charge is 0.235 e. The van der Waals surface area contributed by atoms with Crippen molar-refractivity contribution in [3.63, 3.8) is 0 Å². The maximum absolute atomic E-state index is 12.8. The quantitative estimate of drug-likeness (QED) is 0.800. The normalized spacial score (nSPS) is 16.1. The molecule has 2 aromatic rings. The third-order valence-electron chi connectivity index (χ3n) is 4.15. The lowest BCUT2D eigenvalue weighted by atomic mass is 9.64. The van der Waals surface area contributed by atoms with Gasteiger partial charge >= 0.3 is 0 Å². The maximum atomic E-state index is 12.8. The molecule has 2 nitrogen and oxygen atoms in total. The van der Waals surface area contributed by atoms with E-state index in [1.165, 1.54) is 0 Å². The number of benzene rings is 2. The number of halogens is 2. The molecule has 4 heteroatoms. The van der Waals surface area contributed by atoms with Gasteiger partial charge in [-0.1, -0.05) is 64.3 Å². The van der Waals surface area contributed by atoms with Gasteiger partial charge in [-0.15, -0.1) is 0 Å². The third kappa shape index (κ3) is 2.72. The van der Waals surface area contributed by atoms with Gasteiger partial charge in [0.2, 0.25) is 5.91 Å². The molecule has 1 N–H and O–H groups in total. The molecule has 1 amide bonds. The minimum Gasteiger partial charge on any atom is -0.324 e. The van der Waals surface area contributed by atoms with Crippen LogP contribution in [-0.2, 0) is 10.2 Å². The zero-order valence-corrected chi connectivity index (χ0v) is 13.7. The Morgan fingerprint density at radius 3 is 2.43 bits per heavy atom. The van der Waals surface area contributed by atoms with E-state index < -0.39 is 5.41 Å². The maximum Gasteiger partial charge on any atom is 0.235 e. The van der Waals surface area contributed by atoms with Crippen molar-refractivity contribution in [2.75, 3.05) is 5.32 Å². The van der Waals surface area contributed by atoms with Gasteiger partial charge in [-0.25, -0.2) is 0 Å². The molecule has 3 rings (SSSR count). The van der Waals surface area contributed by atoms with Gasteiger partial charge in [0.25, 0.3) is 0 Å². The van der Waals surface area contributed by atoms with E-state index in [0.29, 0.717) is 10.7 Å². The molecule has 1 saturated carbocycles. The zero-order valence-electron chi connectivity index (χ0n) is 11.4. The van der Waals surface area contributed by atoms with Gasteiger partial charge in [0.05, 0.1) is 16.1 Å². The van der Waals surface area contributed by atoms with Crippen molar-refractivity contribution in [1.29, 1.82) is 0 Å². The van der Waals surface area contributed by atoms with Crippen molar-refractivity contribution >= 4 is 39.1 Å². The van der Waals surface area contributed by atoms with Crippen LogP contribution in [0.15, 0.2) is 53.0 Å². The summed E-state index contributed by atoms with van der Waals surface area (Å²) in [6, 6.07) is 15.5. The average molecular weight is 365 g/mol. The lowest BCUT2D eigenvalue weighted by Crippen LogP contribution is -2.46. The Hall–Kier alpha value is -1.32. The first-order valence-corrected chi connectivity index (χ1v) is 8.11. The number of hydrogen-bond acceptors (Lipinski definition) is 1. The summed E-state index contributed by atoms with van der Waals surface area (Å²) in [5.41, 5.74) is 1.34. The van der Waals surface area contributed by atoms with Gasteiger partial charge < -0.3 is 5.32 Å². The van der Waals surface area contributed by atoms with Crippen LogP contribution in [0.25, 0.3) is 0 Å². The topological polar surface area (TPSA) is 29.1 Å². The Labute approximate surface area is 137 Å². The van der Waals surface area contributed by atoms with Gasteiger partial charge in [0.15, 0.2) is 0 Å². The number of rotatable bonds is 3. The van der Waals surface area contributed by atoms with Crippen LogP contribution in [0.2, 0.25) is 5.02 Å². The molecular weight excluding hydrogens is 350 g/mol. The van der Waals surface area contributed by atoms with E-state index >= 15 is 0 Å². The molecule has 2 aromatic carbocycles. The van der Waals surface area contributed by atoms with Crippen molar-refractivity contribution in [3.05, 3.63) is 63.6 Å². The molecule has 1 aliphatic rings. The van der Waals surface area contributed by atoms with E-state index in [2.05, 4.69) is 21.2 Å². The molecule has 0 unspecified atom stereocenters. The van der Waals surface area contributed by atoms with Crippen molar-refractivity contribution in [2.24, 2.45) is 0 Å². The van der Waals surface area contributed by atoms with Crippen molar-refractivity contribution < 1.29 is 4.79 Å². The molecule has 0 aromatic heterocycles. The van der Waals surface area contributed by atoms with Crippen molar-refractivity contribution in [2.45, 2.75) is 24.7 Å². The highest BCUT2D eigenvalue weighted by atomic mass is 79.9. The van der Waals surface area contributed by atoms with E-state index in [1.54, 1.807) is 6.07 Å². The average Bonchev–Trinajstić information content (AvgIpc) is 2.42. The van der Waals surface area contributed by atoms with E-state index in [-0.39, 0.29) is 5.91 Å². The zero-order chi connectivity index (χ0) is 14.9. The number of hydrogen-bond donors (Lipinski definition) is 1. The number of anilines is 1. The minimum absolute atomic E-state index is 0.0316. The fourth-order valence-electron chi connectivity index (χ4n) is 2.77. The van der Waals surface area contributed by atoms with Crippen LogP contribution in [0.5, 0.6) is 0 Å². The summed E-state index contributed by atoms with van der Waals surface area (Å²) in [4.78, 5) is 12.8. The van der Waals surface area contributed by atoms with Gasteiger partial charge in [0.1, 0.15) is 0 Å². The minimum atomic E-state index is -0.405. The number of nitrogens with one attached hydrogen (secondary N) is 1. The fourth-order valence-corrected chi connectivity index (χ4v) is 3.49. The largest absolute Gasteiger partial charge is 0.324 e. The Balaban J connectivity index is 1.87. The molecule has 1 aliphatic carbocycles. The molecule has 108 valence electrons. The predicted molar refractivity (Wildman–Crippen MR) is 89.8 cm³/mol. The molecule has 0 radical (unpaired) electrons. The van der Waals surface area contributed by atoms with E-state index in [9.17, 15) is 4.79 Å². The summed E-state index contributed by atoms with van der Waals surface area (Å²) in [6.07, 6.45) is 2.85. The lowest BCUT2D eigenvalue weighted by Gasteiger charge is -2.40. The van der Waals surface area contributed by atoms with Crippen LogP contribution >= 0.6 is 27.5 Å². The standard InChI is InChI=1S/C17H15BrClNO/c18-13-7-8-15(14(19)11-13)20-16(21)17(9-4-10-17)12-5-2-1-3-6-12/h1-3,5-8,11H,4,9-10H2,(H,20,21). The number of amides is 1. The first-order chi connectivity index (χ1) is 10.1. The predicted octanol–water partition coefficient (Wildman–Crippen LogP) is 5.16. The SMILES string of the molecule is O=C(Nc1ccc(Br)cc1Cl)C1(c2ccccc2)CCC1. The molecule has 0 aliphatic heterocycles. The molecule has 0 atom stereocenters. The molecule has 0 spiro atoms. The lowest BCUT2D eigenvalue weighted by molar-refractivity contribution is -0.124. The summed E-state index contributed by atoms with van der Waals surface area (Å²) in [5, 5.41) is 3.53. The Morgan fingerprint density at radius 1 is 1.14 bits per heavy atom. The van der Waals surface area contributed by atoms with E-state index in [4.69, 9.17) is 11.6 Å². The summed E-state index contributed by atoms with van der Waals surface area (Å²) >= 11 is 9.55. The van der Waals surface area contributed by atoms with Crippen molar-refractivity contribution in [1.82, 2.24) is 0 Å². The van der Waals surface area contributed by atoms with Crippen LogP contribution in [0.4, 0.5) is 5.69 Å². The molecular formula is C17H15BrClNO. The third-order valence-corrected chi connectivity index (χ3v) is 4.95. The van der Waals surface area contributed by atoms with Crippen LogP contribution in [0.3, 0.4) is 0 Å². The van der Waals surface area contributed by atoms with Crippen LogP contribution in [0, 0.1) is 0 Å². The fraction of sp³-hybridized carbons (Fsp3) is 0.235. The van der Waals surface area contributed by atoms with Crippen molar-refractivity contribution in [3.8, 4) is 0 Å². The molecule has 21 heavy (non-hydrogen) atoms. The summed E-state index contributed by atoms with van der Waals surface area (Å²) in [7, 11) is 0. The summed E-state index contributed by atoms with van der Waals surface area (Å²) in [6.45, 7) is 0. The Morgan fingerprint density at radius 2 is 1.86 bits per heavy atom. The Bertz CT molecular complexity index is 668. The van der Waals surface area contributed by atoms with Crippen LogP contribution in [0.1, 0.15) is 24.8 Å². The number of carbonyl (C=O) groups excluding carboxylic acids is 1. The van der Waals surface area contributed by atoms with E-state index in [0.717, 1.165) is 29.3 Å². The van der Waals surface area contributed by atoms with Gasteiger partial charge in [-0.05, 0) is 36.6 Å². The molecule has 1 fully saturated rings.